The van der Waals surface area contributed by atoms with Gasteiger partial charge in [-0.15, -0.1) is 0 Å². The molecule has 3 heterocycles. The SMILES string of the molecule is CNc1cccnc1-c1cnc2cc(-c3cn[nH]c3)ccc2n1. The van der Waals surface area contributed by atoms with Crippen LogP contribution in [-0.2, 0) is 0 Å². The molecule has 0 amide bonds. The summed E-state index contributed by atoms with van der Waals surface area (Å²) >= 11 is 0. The van der Waals surface area contributed by atoms with Crippen LogP contribution in [0, 0.1) is 0 Å². The summed E-state index contributed by atoms with van der Waals surface area (Å²) in [7, 11) is 1.87. The van der Waals surface area contributed by atoms with E-state index in [9.17, 15) is 0 Å². The summed E-state index contributed by atoms with van der Waals surface area (Å²) in [6, 6.07) is 9.85. The molecule has 0 unspecified atom stereocenters. The molecule has 0 bridgehead atoms. The topological polar surface area (TPSA) is 79.4 Å². The van der Waals surface area contributed by atoms with Crippen molar-refractivity contribution in [3.8, 4) is 22.5 Å². The Bertz CT molecular complexity index is 962. The second kappa shape index (κ2) is 5.49. The van der Waals surface area contributed by atoms with Crippen LogP contribution in [0.25, 0.3) is 33.5 Å². The largest absolute Gasteiger partial charge is 0.386 e. The number of nitrogens with zero attached hydrogens (tertiary/aromatic N) is 4. The monoisotopic (exact) mass is 302 g/mol. The smallest absolute Gasteiger partial charge is 0.113 e. The van der Waals surface area contributed by atoms with E-state index >= 15 is 0 Å². The summed E-state index contributed by atoms with van der Waals surface area (Å²) in [4.78, 5) is 13.6. The number of pyridine rings is 1. The third kappa shape index (κ3) is 2.40. The van der Waals surface area contributed by atoms with Crippen molar-refractivity contribution in [1.29, 1.82) is 0 Å². The van der Waals surface area contributed by atoms with E-state index in [2.05, 4.69) is 30.5 Å². The molecule has 6 nitrogen and oxygen atoms in total. The van der Waals surface area contributed by atoms with Crippen molar-refractivity contribution in [2.24, 2.45) is 0 Å². The van der Waals surface area contributed by atoms with Crippen LogP contribution in [-0.4, -0.2) is 32.2 Å². The standard InChI is InChI=1S/C17H14N6/c1-18-14-3-2-6-19-17(14)16-10-20-15-7-11(4-5-13(15)23-16)12-8-21-22-9-12/h2-10,18H,1H3,(H,21,22). The molecule has 0 radical (unpaired) electrons. The zero-order chi connectivity index (χ0) is 15.6. The van der Waals surface area contributed by atoms with Crippen LogP contribution in [0.3, 0.4) is 0 Å². The highest BCUT2D eigenvalue weighted by atomic mass is 15.1. The number of rotatable bonds is 3. The van der Waals surface area contributed by atoms with Crippen LogP contribution in [0.2, 0.25) is 0 Å². The second-order valence-electron chi connectivity index (χ2n) is 5.10. The lowest BCUT2D eigenvalue weighted by Gasteiger charge is -2.08. The Kier molecular flexibility index (Phi) is 3.20. The molecule has 23 heavy (non-hydrogen) atoms. The van der Waals surface area contributed by atoms with Crippen molar-refractivity contribution in [2.75, 3.05) is 12.4 Å². The number of fused-ring (bicyclic) bond motifs is 1. The van der Waals surface area contributed by atoms with E-state index in [1.54, 1.807) is 18.6 Å². The fraction of sp³-hybridized carbons (Fsp3) is 0.0588. The zero-order valence-corrected chi connectivity index (χ0v) is 12.5. The average molecular weight is 302 g/mol. The fourth-order valence-corrected chi connectivity index (χ4v) is 2.52. The average Bonchev–Trinajstić information content (AvgIpc) is 3.15. The van der Waals surface area contributed by atoms with E-state index < -0.39 is 0 Å². The molecule has 0 atom stereocenters. The van der Waals surface area contributed by atoms with Gasteiger partial charge in [-0.2, -0.15) is 5.10 Å². The van der Waals surface area contributed by atoms with Crippen molar-refractivity contribution in [2.45, 2.75) is 0 Å². The Balaban J connectivity index is 1.81. The molecular formula is C17H14N6. The number of nitrogens with one attached hydrogen (secondary N) is 2. The Morgan fingerprint density at radius 3 is 2.78 bits per heavy atom. The number of anilines is 1. The first-order chi connectivity index (χ1) is 11.3. The molecule has 6 heteroatoms. The minimum Gasteiger partial charge on any atom is -0.386 e. The first-order valence-electron chi connectivity index (χ1n) is 7.24. The molecular weight excluding hydrogens is 288 g/mol. The minimum absolute atomic E-state index is 0.749. The normalized spacial score (nSPS) is 10.8. The van der Waals surface area contributed by atoms with Crippen LogP contribution in [0.1, 0.15) is 0 Å². The number of H-pyrrole nitrogens is 1. The highest BCUT2D eigenvalue weighted by Crippen LogP contribution is 2.26. The Morgan fingerprint density at radius 1 is 1.00 bits per heavy atom. The second-order valence-corrected chi connectivity index (χ2v) is 5.10. The van der Waals surface area contributed by atoms with E-state index in [-0.39, 0.29) is 0 Å². The molecule has 3 aromatic heterocycles. The van der Waals surface area contributed by atoms with E-state index in [1.165, 1.54) is 0 Å². The quantitative estimate of drug-likeness (QED) is 0.608. The number of aromatic nitrogens is 5. The van der Waals surface area contributed by atoms with Crippen LogP contribution in [0.4, 0.5) is 5.69 Å². The lowest BCUT2D eigenvalue weighted by atomic mass is 10.1. The van der Waals surface area contributed by atoms with E-state index in [1.807, 2.05) is 43.6 Å². The van der Waals surface area contributed by atoms with Crippen LogP contribution >= 0.6 is 0 Å². The fourth-order valence-electron chi connectivity index (χ4n) is 2.52. The van der Waals surface area contributed by atoms with E-state index in [0.29, 0.717) is 0 Å². The van der Waals surface area contributed by atoms with Crippen molar-refractivity contribution in [3.05, 3.63) is 55.1 Å². The molecule has 0 aliphatic rings. The third-order valence-electron chi connectivity index (χ3n) is 3.69. The summed E-state index contributed by atoms with van der Waals surface area (Å²) in [5, 5.41) is 9.92. The molecule has 0 saturated heterocycles. The maximum Gasteiger partial charge on any atom is 0.113 e. The Morgan fingerprint density at radius 2 is 1.96 bits per heavy atom. The first-order valence-corrected chi connectivity index (χ1v) is 7.24. The molecule has 0 saturated carbocycles. The van der Waals surface area contributed by atoms with Gasteiger partial charge in [-0.25, -0.2) is 4.98 Å². The van der Waals surface area contributed by atoms with Gasteiger partial charge >= 0.3 is 0 Å². The highest BCUT2D eigenvalue weighted by Gasteiger charge is 2.09. The van der Waals surface area contributed by atoms with Crippen LogP contribution in [0.5, 0.6) is 0 Å². The minimum atomic E-state index is 0.749. The Labute approximate surface area is 132 Å². The lowest BCUT2D eigenvalue weighted by Crippen LogP contribution is -1.97. The predicted octanol–water partition coefficient (Wildman–Crippen LogP) is 3.12. The summed E-state index contributed by atoms with van der Waals surface area (Å²) < 4.78 is 0. The predicted molar refractivity (Wildman–Crippen MR) is 89.9 cm³/mol. The summed E-state index contributed by atoms with van der Waals surface area (Å²) in [6.07, 6.45) is 7.15. The van der Waals surface area contributed by atoms with Gasteiger partial charge in [0.05, 0.1) is 29.1 Å². The molecule has 4 rings (SSSR count). The number of hydrogen-bond acceptors (Lipinski definition) is 5. The van der Waals surface area contributed by atoms with Gasteiger partial charge in [0.2, 0.25) is 0 Å². The third-order valence-corrected chi connectivity index (χ3v) is 3.69. The first kappa shape index (κ1) is 13.4. The van der Waals surface area contributed by atoms with Gasteiger partial charge in [0.15, 0.2) is 0 Å². The number of benzene rings is 1. The molecule has 0 spiro atoms. The van der Waals surface area contributed by atoms with Crippen molar-refractivity contribution < 1.29 is 0 Å². The summed E-state index contributed by atoms with van der Waals surface area (Å²) in [5.41, 5.74) is 6.23. The number of aromatic amines is 1. The molecule has 2 N–H and O–H groups in total. The van der Waals surface area contributed by atoms with Crippen LogP contribution in [0.15, 0.2) is 55.1 Å². The molecule has 1 aromatic carbocycles. The number of hydrogen-bond donors (Lipinski definition) is 2. The lowest BCUT2D eigenvalue weighted by molar-refractivity contribution is 1.09. The van der Waals surface area contributed by atoms with E-state index in [0.717, 1.165) is 39.2 Å². The van der Waals surface area contributed by atoms with Gasteiger partial charge in [-0.1, -0.05) is 6.07 Å². The Hall–Kier alpha value is -3.28. The van der Waals surface area contributed by atoms with Gasteiger partial charge in [-0.05, 0) is 29.8 Å². The molecule has 112 valence electrons. The summed E-state index contributed by atoms with van der Waals surface area (Å²) in [6.45, 7) is 0. The van der Waals surface area contributed by atoms with Crippen molar-refractivity contribution >= 4 is 16.7 Å². The zero-order valence-electron chi connectivity index (χ0n) is 12.5. The van der Waals surface area contributed by atoms with Gasteiger partial charge in [0.25, 0.3) is 0 Å². The van der Waals surface area contributed by atoms with Gasteiger partial charge in [0, 0.05) is 25.0 Å². The maximum absolute atomic E-state index is 4.69. The van der Waals surface area contributed by atoms with Crippen molar-refractivity contribution in [3.63, 3.8) is 0 Å². The van der Waals surface area contributed by atoms with Crippen LogP contribution < -0.4 is 5.32 Å². The highest BCUT2D eigenvalue weighted by molar-refractivity contribution is 5.83. The van der Waals surface area contributed by atoms with E-state index in [4.69, 9.17) is 0 Å². The van der Waals surface area contributed by atoms with Crippen molar-refractivity contribution in [1.82, 2.24) is 25.1 Å². The maximum atomic E-state index is 4.69. The molecule has 4 aromatic rings. The molecule has 0 aliphatic carbocycles. The van der Waals surface area contributed by atoms with Gasteiger partial charge in [-0.3, -0.25) is 15.1 Å². The summed E-state index contributed by atoms with van der Waals surface area (Å²) in [5.74, 6) is 0. The molecule has 0 fully saturated rings. The van der Waals surface area contributed by atoms with Gasteiger partial charge in [0.1, 0.15) is 11.4 Å². The van der Waals surface area contributed by atoms with Gasteiger partial charge < -0.3 is 5.32 Å². The molecule has 0 aliphatic heterocycles.